The van der Waals surface area contributed by atoms with Crippen LogP contribution in [0.4, 0.5) is 5.69 Å². The topological polar surface area (TPSA) is 84.9 Å². The number of hydrogen-bond acceptors (Lipinski definition) is 5. The van der Waals surface area contributed by atoms with Crippen LogP contribution in [0.3, 0.4) is 0 Å². The number of sulfonamides is 1. The molecule has 32 heavy (non-hydrogen) atoms. The van der Waals surface area contributed by atoms with Crippen LogP contribution in [0.5, 0.6) is 11.5 Å². The van der Waals surface area contributed by atoms with Crippen LogP contribution >= 0.6 is 0 Å². The first-order valence-electron chi connectivity index (χ1n) is 10.5. The SMILES string of the molecule is CCC(NC(=O)CN(c1ccc(C(C)(C)C)cc1)S(C)(=O)=O)c1ccc(OC)c(OC)c1. The van der Waals surface area contributed by atoms with Crippen molar-refractivity contribution >= 4 is 21.6 Å². The van der Waals surface area contributed by atoms with Crippen LogP contribution < -0.4 is 19.1 Å². The molecule has 0 bridgehead atoms. The molecule has 1 unspecified atom stereocenters. The molecule has 7 nitrogen and oxygen atoms in total. The van der Waals surface area contributed by atoms with Crippen molar-refractivity contribution in [2.24, 2.45) is 0 Å². The number of nitrogens with one attached hydrogen (secondary N) is 1. The van der Waals surface area contributed by atoms with Gasteiger partial charge in [-0.3, -0.25) is 9.10 Å². The van der Waals surface area contributed by atoms with Gasteiger partial charge in [0.15, 0.2) is 11.5 Å². The average Bonchev–Trinajstić information content (AvgIpc) is 2.74. The predicted octanol–water partition coefficient (Wildman–Crippen LogP) is 4.03. The van der Waals surface area contributed by atoms with Crippen molar-refractivity contribution in [3.8, 4) is 11.5 Å². The Bertz CT molecular complexity index is 1030. The number of amides is 1. The van der Waals surface area contributed by atoms with Gasteiger partial charge in [-0.15, -0.1) is 0 Å². The summed E-state index contributed by atoms with van der Waals surface area (Å²) in [7, 11) is -0.541. The average molecular weight is 463 g/mol. The van der Waals surface area contributed by atoms with E-state index < -0.39 is 15.9 Å². The minimum atomic E-state index is -3.65. The quantitative estimate of drug-likeness (QED) is 0.608. The molecule has 0 spiro atoms. The van der Waals surface area contributed by atoms with Gasteiger partial charge in [0.25, 0.3) is 0 Å². The van der Waals surface area contributed by atoms with Gasteiger partial charge in [-0.25, -0.2) is 8.42 Å². The Kier molecular flexibility index (Phi) is 8.18. The van der Waals surface area contributed by atoms with Gasteiger partial charge < -0.3 is 14.8 Å². The molecule has 0 saturated carbocycles. The lowest BCUT2D eigenvalue weighted by Gasteiger charge is -2.25. The van der Waals surface area contributed by atoms with Crippen molar-refractivity contribution in [1.29, 1.82) is 0 Å². The monoisotopic (exact) mass is 462 g/mol. The maximum Gasteiger partial charge on any atom is 0.241 e. The highest BCUT2D eigenvalue weighted by atomic mass is 32.2. The number of ether oxygens (including phenoxy) is 2. The van der Waals surface area contributed by atoms with E-state index in [2.05, 4.69) is 26.1 Å². The molecular formula is C24H34N2O5S. The van der Waals surface area contributed by atoms with Crippen LogP contribution in [0, 0.1) is 0 Å². The first kappa shape index (κ1) is 25.5. The third-order valence-corrected chi connectivity index (χ3v) is 6.40. The third-order valence-electron chi connectivity index (χ3n) is 5.26. The number of rotatable bonds is 9. The lowest BCUT2D eigenvalue weighted by molar-refractivity contribution is -0.120. The Hall–Kier alpha value is -2.74. The normalized spacial score (nSPS) is 12.7. The van der Waals surface area contributed by atoms with Crippen LogP contribution in [-0.4, -0.2) is 41.3 Å². The smallest absolute Gasteiger partial charge is 0.241 e. The molecule has 0 fully saturated rings. The number of nitrogens with zero attached hydrogens (tertiary/aromatic N) is 1. The van der Waals surface area contributed by atoms with E-state index in [9.17, 15) is 13.2 Å². The summed E-state index contributed by atoms with van der Waals surface area (Å²) in [6.45, 7) is 7.90. The van der Waals surface area contributed by atoms with Gasteiger partial charge >= 0.3 is 0 Å². The number of carbonyl (C=O) groups excluding carboxylic acids is 1. The Morgan fingerprint density at radius 3 is 2.09 bits per heavy atom. The minimum Gasteiger partial charge on any atom is -0.493 e. The van der Waals surface area contributed by atoms with Gasteiger partial charge in [-0.2, -0.15) is 0 Å². The molecular weight excluding hydrogens is 428 g/mol. The van der Waals surface area contributed by atoms with Crippen LogP contribution in [-0.2, 0) is 20.2 Å². The summed E-state index contributed by atoms with van der Waals surface area (Å²) in [5, 5.41) is 2.94. The van der Waals surface area contributed by atoms with Gasteiger partial charge in [0.05, 0.1) is 32.2 Å². The highest BCUT2D eigenvalue weighted by molar-refractivity contribution is 7.92. The molecule has 1 N–H and O–H groups in total. The van der Waals surface area contributed by atoms with Crippen molar-refractivity contribution in [3.05, 3.63) is 53.6 Å². The molecule has 0 aliphatic heterocycles. The fourth-order valence-electron chi connectivity index (χ4n) is 3.39. The van der Waals surface area contributed by atoms with E-state index in [1.54, 1.807) is 32.4 Å². The van der Waals surface area contributed by atoms with E-state index >= 15 is 0 Å². The molecule has 0 aromatic heterocycles. The van der Waals surface area contributed by atoms with Gasteiger partial charge in [-0.05, 0) is 47.2 Å². The number of methoxy groups -OCH3 is 2. The fraction of sp³-hybridized carbons (Fsp3) is 0.458. The zero-order valence-corrected chi connectivity index (χ0v) is 20.7. The zero-order valence-electron chi connectivity index (χ0n) is 19.9. The first-order valence-corrected chi connectivity index (χ1v) is 12.3. The summed E-state index contributed by atoms with van der Waals surface area (Å²) in [6, 6.07) is 12.4. The summed E-state index contributed by atoms with van der Waals surface area (Å²) in [4.78, 5) is 12.8. The second-order valence-electron chi connectivity index (χ2n) is 8.71. The minimum absolute atomic E-state index is 0.0560. The molecule has 0 aliphatic rings. The third kappa shape index (κ3) is 6.38. The highest BCUT2D eigenvalue weighted by Crippen LogP contribution is 2.31. The van der Waals surface area contributed by atoms with E-state index in [1.807, 2.05) is 31.2 Å². The summed E-state index contributed by atoms with van der Waals surface area (Å²) < 4.78 is 36.6. The van der Waals surface area contributed by atoms with Crippen molar-refractivity contribution in [2.75, 3.05) is 31.3 Å². The number of benzene rings is 2. The summed E-state index contributed by atoms with van der Waals surface area (Å²) in [5.74, 6) is 0.769. The van der Waals surface area contributed by atoms with Crippen LogP contribution in [0.2, 0.25) is 0 Å². The Morgan fingerprint density at radius 1 is 1.03 bits per heavy atom. The van der Waals surface area contributed by atoms with Gasteiger partial charge in [0, 0.05) is 0 Å². The predicted molar refractivity (Wildman–Crippen MR) is 128 cm³/mol. The van der Waals surface area contributed by atoms with Crippen LogP contribution in [0.15, 0.2) is 42.5 Å². The van der Waals surface area contributed by atoms with Crippen molar-refractivity contribution in [3.63, 3.8) is 0 Å². The molecule has 0 saturated heterocycles. The van der Waals surface area contributed by atoms with E-state index in [1.165, 1.54) is 0 Å². The maximum absolute atomic E-state index is 12.8. The Labute approximate surface area is 191 Å². The molecule has 2 aromatic carbocycles. The van der Waals surface area contributed by atoms with Crippen LogP contribution in [0.1, 0.15) is 51.3 Å². The van der Waals surface area contributed by atoms with Crippen molar-refractivity contribution in [1.82, 2.24) is 5.32 Å². The lowest BCUT2D eigenvalue weighted by Crippen LogP contribution is -2.41. The van der Waals surface area contributed by atoms with E-state index in [-0.39, 0.29) is 18.0 Å². The molecule has 2 rings (SSSR count). The lowest BCUT2D eigenvalue weighted by atomic mass is 9.87. The zero-order chi connectivity index (χ0) is 24.1. The van der Waals surface area contributed by atoms with Crippen molar-refractivity contribution in [2.45, 2.75) is 45.6 Å². The summed E-state index contributed by atoms with van der Waals surface area (Å²) in [5.41, 5.74) is 2.33. The molecule has 2 aromatic rings. The molecule has 1 atom stereocenters. The molecule has 176 valence electrons. The second-order valence-corrected chi connectivity index (χ2v) is 10.6. The second kappa shape index (κ2) is 10.3. The highest BCUT2D eigenvalue weighted by Gasteiger charge is 2.24. The van der Waals surface area contributed by atoms with E-state index in [0.29, 0.717) is 23.6 Å². The molecule has 8 heteroatoms. The van der Waals surface area contributed by atoms with Crippen LogP contribution in [0.25, 0.3) is 0 Å². The maximum atomic E-state index is 12.8. The molecule has 0 radical (unpaired) electrons. The fourth-order valence-corrected chi connectivity index (χ4v) is 4.25. The standard InChI is InChI=1S/C24H34N2O5S/c1-8-20(17-9-14-21(30-5)22(15-17)31-6)25-23(27)16-26(32(7,28)29)19-12-10-18(11-13-19)24(2,3)4/h9-15,20H,8,16H2,1-7H3,(H,25,27). The number of hydrogen-bond donors (Lipinski definition) is 1. The summed E-state index contributed by atoms with van der Waals surface area (Å²) >= 11 is 0. The molecule has 0 aliphatic carbocycles. The molecule has 0 heterocycles. The van der Waals surface area contributed by atoms with Crippen molar-refractivity contribution < 1.29 is 22.7 Å². The van der Waals surface area contributed by atoms with E-state index in [0.717, 1.165) is 21.7 Å². The Morgan fingerprint density at radius 2 is 1.62 bits per heavy atom. The Balaban J connectivity index is 2.23. The number of anilines is 1. The van der Waals surface area contributed by atoms with E-state index in [4.69, 9.17) is 9.47 Å². The summed E-state index contributed by atoms with van der Waals surface area (Å²) in [6.07, 6.45) is 1.73. The van der Waals surface area contributed by atoms with Gasteiger partial charge in [-0.1, -0.05) is 45.9 Å². The van der Waals surface area contributed by atoms with Gasteiger partial charge in [0.2, 0.25) is 15.9 Å². The number of carbonyl (C=O) groups is 1. The first-order chi connectivity index (χ1) is 14.9. The molecule has 1 amide bonds. The van der Waals surface area contributed by atoms with Gasteiger partial charge in [0.1, 0.15) is 6.54 Å². The largest absolute Gasteiger partial charge is 0.493 e.